The Labute approximate surface area is 337 Å². The second-order valence-electron chi connectivity index (χ2n) is 15.6. The predicted octanol–water partition coefficient (Wildman–Crippen LogP) is 16.0. The molecule has 57 heavy (non-hydrogen) atoms. The van der Waals surface area contributed by atoms with Gasteiger partial charge in [-0.15, -0.1) is 11.3 Å². The molecular weight excluding hydrogens is 707 g/mol. The highest BCUT2D eigenvalue weighted by Crippen LogP contribution is 2.55. The van der Waals surface area contributed by atoms with E-state index in [-0.39, 0.29) is 5.41 Å². The highest BCUT2D eigenvalue weighted by atomic mass is 32.1. The third-order valence-electron chi connectivity index (χ3n) is 12.1. The van der Waals surface area contributed by atoms with Gasteiger partial charge in [0.1, 0.15) is 0 Å². The number of anilines is 3. The van der Waals surface area contributed by atoms with E-state index in [1.807, 2.05) is 11.3 Å². The fourth-order valence-corrected chi connectivity index (χ4v) is 10.6. The van der Waals surface area contributed by atoms with Crippen molar-refractivity contribution in [3.8, 4) is 44.5 Å². The summed E-state index contributed by atoms with van der Waals surface area (Å²) in [6.45, 7) is 4.73. The number of nitrogens with zero attached hydrogens (tertiary/aromatic N) is 1. The van der Waals surface area contributed by atoms with Gasteiger partial charge in [0, 0.05) is 42.3 Å². The summed E-state index contributed by atoms with van der Waals surface area (Å²) in [5, 5.41) is 5.07. The van der Waals surface area contributed by atoms with Crippen LogP contribution in [0.25, 0.3) is 75.5 Å². The van der Waals surface area contributed by atoms with Crippen LogP contribution in [0.3, 0.4) is 0 Å². The van der Waals surface area contributed by atoms with Gasteiger partial charge in [-0.2, -0.15) is 0 Å². The van der Waals surface area contributed by atoms with Crippen molar-refractivity contribution in [3.05, 3.63) is 211 Å². The molecule has 11 rings (SSSR count). The predicted molar refractivity (Wildman–Crippen MR) is 245 cm³/mol. The van der Waals surface area contributed by atoms with Gasteiger partial charge in [0.25, 0.3) is 0 Å². The molecule has 9 aromatic carbocycles. The summed E-state index contributed by atoms with van der Waals surface area (Å²) in [6, 6.07) is 74.0. The fourth-order valence-electron chi connectivity index (χ4n) is 9.52. The number of benzene rings is 9. The second-order valence-corrected chi connectivity index (χ2v) is 16.7. The zero-order valence-electron chi connectivity index (χ0n) is 31.9. The molecule has 2 heteroatoms. The summed E-state index contributed by atoms with van der Waals surface area (Å²) in [7, 11) is 0. The molecule has 270 valence electrons. The van der Waals surface area contributed by atoms with Gasteiger partial charge in [0.2, 0.25) is 0 Å². The van der Waals surface area contributed by atoms with Crippen molar-refractivity contribution >= 4 is 59.3 Å². The molecule has 0 spiro atoms. The normalized spacial score (nSPS) is 12.9. The van der Waals surface area contributed by atoms with Crippen molar-refractivity contribution in [2.75, 3.05) is 4.90 Å². The summed E-state index contributed by atoms with van der Waals surface area (Å²) in [5.41, 5.74) is 16.0. The first-order valence-electron chi connectivity index (χ1n) is 19.8. The van der Waals surface area contributed by atoms with E-state index in [1.165, 1.54) is 86.6 Å². The smallest absolute Gasteiger partial charge is 0.0540 e. The first-order chi connectivity index (χ1) is 28.1. The molecule has 0 bridgehead atoms. The minimum absolute atomic E-state index is 0.105. The van der Waals surface area contributed by atoms with Gasteiger partial charge in [-0.05, 0) is 80.0 Å². The summed E-state index contributed by atoms with van der Waals surface area (Å²) in [4.78, 5) is 2.54. The van der Waals surface area contributed by atoms with Crippen molar-refractivity contribution in [1.82, 2.24) is 0 Å². The first kappa shape index (κ1) is 33.6. The SMILES string of the molecule is CC1(C)c2ccccc2-c2c(-c3ccccc3N(c3ccccc3-c3cccc4ccccc34)c3ccccc3-c3cccc4sc5ccccc5c34)cccc21. The summed E-state index contributed by atoms with van der Waals surface area (Å²) in [6.07, 6.45) is 0. The van der Waals surface area contributed by atoms with Gasteiger partial charge in [-0.1, -0.05) is 184 Å². The number of fused-ring (bicyclic) bond motifs is 7. The Morgan fingerprint density at radius 1 is 0.351 bits per heavy atom. The lowest BCUT2D eigenvalue weighted by molar-refractivity contribution is 0.660. The minimum Gasteiger partial charge on any atom is -0.309 e. The van der Waals surface area contributed by atoms with Crippen molar-refractivity contribution in [2.45, 2.75) is 19.3 Å². The molecule has 0 saturated heterocycles. The van der Waals surface area contributed by atoms with Crippen LogP contribution < -0.4 is 4.90 Å². The topological polar surface area (TPSA) is 3.24 Å². The maximum absolute atomic E-state index is 2.54. The largest absolute Gasteiger partial charge is 0.309 e. The molecule has 0 amide bonds. The maximum Gasteiger partial charge on any atom is 0.0540 e. The molecule has 0 N–H and O–H groups in total. The lowest BCUT2D eigenvalue weighted by atomic mass is 9.82. The van der Waals surface area contributed by atoms with E-state index in [1.54, 1.807) is 0 Å². The summed E-state index contributed by atoms with van der Waals surface area (Å²) < 4.78 is 2.61. The molecule has 0 fully saturated rings. The first-order valence-corrected chi connectivity index (χ1v) is 20.6. The van der Waals surface area contributed by atoms with Gasteiger partial charge in [-0.25, -0.2) is 0 Å². The van der Waals surface area contributed by atoms with Gasteiger partial charge in [0.05, 0.1) is 17.1 Å². The van der Waals surface area contributed by atoms with Crippen LogP contribution in [-0.4, -0.2) is 0 Å². The lowest BCUT2D eigenvalue weighted by Gasteiger charge is -2.32. The van der Waals surface area contributed by atoms with Crippen LogP contribution in [0.5, 0.6) is 0 Å². The standard InChI is InChI=1S/C55H39NS/c1-55(2)46-29-10-5-24-44(46)53-42(27-16-30-47(53)55)40-22-7-12-32-49(40)56(48-31-11-6-21-39(48)38-26-15-19-36-18-3-4-20-37(36)38)50-33-13-8-23-41(50)43-28-17-35-52-54(43)45-25-9-14-34-51(45)57-52/h3-35H,1-2H3. The van der Waals surface area contributed by atoms with Crippen molar-refractivity contribution in [1.29, 1.82) is 0 Å². The van der Waals surface area contributed by atoms with Crippen LogP contribution >= 0.6 is 11.3 Å². The van der Waals surface area contributed by atoms with E-state index in [9.17, 15) is 0 Å². The molecule has 0 radical (unpaired) electrons. The van der Waals surface area contributed by atoms with Gasteiger partial charge >= 0.3 is 0 Å². The van der Waals surface area contributed by atoms with Crippen LogP contribution in [0.1, 0.15) is 25.0 Å². The molecule has 10 aromatic rings. The van der Waals surface area contributed by atoms with Gasteiger partial charge in [0.15, 0.2) is 0 Å². The quantitative estimate of drug-likeness (QED) is 0.164. The van der Waals surface area contributed by atoms with E-state index < -0.39 is 0 Å². The number of hydrogen-bond acceptors (Lipinski definition) is 2. The third-order valence-corrected chi connectivity index (χ3v) is 13.2. The maximum atomic E-state index is 2.54. The van der Waals surface area contributed by atoms with Crippen molar-refractivity contribution in [3.63, 3.8) is 0 Å². The molecule has 0 unspecified atom stereocenters. The second kappa shape index (κ2) is 13.2. The third kappa shape index (κ3) is 5.21. The molecular formula is C55H39NS. The Morgan fingerprint density at radius 3 is 1.56 bits per heavy atom. The van der Waals surface area contributed by atoms with Crippen LogP contribution in [0.2, 0.25) is 0 Å². The lowest BCUT2D eigenvalue weighted by Crippen LogP contribution is -2.15. The summed E-state index contributed by atoms with van der Waals surface area (Å²) in [5.74, 6) is 0. The van der Waals surface area contributed by atoms with E-state index >= 15 is 0 Å². The van der Waals surface area contributed by atoms with E-state index in [0.717, 1.165) is 17.1 Å². The number of thiophene rings is 1. The van der Waals surface area contributed by atoms with Gasteiger partial charge < -0.3 is 4.90 Å². The molecule has 1 aromatic heterocycles. The molecule has 0 aliphatic heterocycles. The van der Waals surface area contributed by atoms with Crippen LogP contribution in [-0.2, 0) is 5.41 Å². The Hall–Kier alpha value is -6.74. The molecule has 1 nitrogen and oxygen atoms in total. The molecule has 1 aliphatic rings. The highest BCUT2D eigenvalue weighted by molar-refractivity contribution is 7.25. The monoisotopic (exact) mass is 745 g/mol. The van der Waals surface area contributed by atoms with Crippen LogP contribution in [0.15, 0.2) is 200 Å². The van der Waals surface area contributed by atoms with Crippen molar-refractivity contribution in [2.24, 2.45) is 0 Å². The number of para-hydroxylation sites is 3. The van der Waals surface area contributed by atoms with Crippen molar-refractivity contribution < 1.29 is 0 Å². The molecule has 1 heterocycles. The van der Waals surface area contributed by atoms with E-state index in [0.29, 0.717) is 0 Å². The van der Waals surface area contributed by atoms with E-state index in [2.05, 4.69) is 219 Å². The van der Waals surface area contributed by atoms with Gasteiger partial charge in [-0.3, -0.25) is 0 Å². The van der Waals surface area contributed by atoms with Crippen LogP contribution in [0.4, 0.5) is 17.1 Å². The minimum atomic E-state index is -0.105. The zero-order valence-corrected chi connectivity index (χ0v) is 32.7. The van der Waals surface area contributed by atoms with E-state index in [4.69, 9.17) is 0 Å². The summed E-state index contributed by atoms with van der Waals surface area (Å²) >= 11 is 1.87. The average Bonchev–Trinajstić information content (AvgIpc) is 3.76. The Balaban J connectivity index is 1.23. The average molecular weight is 746 g/mol. The van der Waals surface area contributed by atoms with Crippen LogP contribution in [0, 0.1) is 0 Å². The Kier molecular flexibility index (Phi) is 7.77. The molecule has 1 aliphatic carbocycles. The molecule has 0 saturated carbocycles. The fraction of sp³-hybridized carbons (Fsp3) is 0.0545. The number of rotatable bonds is 6. The number of hydrogen-bond donors (Lipinski definition) is 0. The zero-order chi connectivity index (χ0) is 38.1. The Bertz CT molecular complexity index is 3180. The Morgan fingerprint density at radius 2 is 0.807 bits per heavy atom. The highest BCUT2D eigenvalue weighted by Gasteiger charge is 2.37. The molecule has 0 atom stereocenters.